The first-order valence-corrected chi connectivity index (χ1v) is 13.5. The van der Waals surface area contributed by atoms with Crippen molar-refractivity contribution in [1.82, 2.24) is 4.90 Å². The monoisotopic (exact) mass is 419 g/mol. The molecule has 1 heterocycles. The van der Waals surface area contributed by atoms with Crippen molar-refractivity contribution in [2.45, 2.75) is 137 Å². The average molecular weight is 420 g/mol. The van der Waals surface area contributed by atoms with Gasteiger partial charge in [-0.25, -0.2) is 0 Å². The molecule has 0 aliphatic carbocycles. The Morgan fingerprint density at radius 3 is 2.00 bits per heavy atom. The fraction of sp³-hybridized carbons (Fsp3) is 0.929. The molecule has 2 heteroatoms. The van der Waals surface area contributed by atoms with Crippen LogP contribution in [0.2, 0.25) is 0 Å². The lowest BCUT2D eigenvalue weighted by atomic mass is 9.93. The van der Waals surface area contributed by atoms with E-state index < -0.39 is 0 Å². The van der Waals surface area contributed by atoms with E-state index in [-0.39, 0.29) is 6.10 Å². The van der Waals surface area contributed by atoms with Crippen molar-refractivity contribution in [1.29, 1.82) is 0 Å². The predicted octanol–water partition coefficient (Wildman–Crippen LogP) is 7.85. The highest BCUT2D eigenvalue weighted by molar-refractivity contribution is 5.06. The number of unbranched alkanes of at least 4 members (excludes halogenated alkanes) is 6. The average Bonchev–Trinajstić information content (AvgIpc) is 2.73. The zero-order valence-electron chi connectivity index (χ0n) is 21.2. The quantitative estimate of drug-likeness (QED) is 0.186. The van der Waals surface area contributed by atoms with Crippen molar-refractivity contribution in [2.24, 2.45) is 11.8 Å². The van der Waals surface area contributed by atoms with Crippen LogP contribution in [0, 0.1) is 23.7 Å². The molecule has 30 heavy (non-hydrogen) atoms. The summed E-state index contributed by atoms with van der Waals surface area (Å²) in [5.41, 5.74) is 0. The third kappa shape index (κ3) is 13.7. The summed E-state index contributed by atoms with van der Waals surface area (Å²) in [6.07, 6.45) is 19.3. The Labute approximate surface area is 189 Å². The highest BCUT2D eigenvalue weighted by Crippen LogP contribution is 2.23. The highest BCUT2D eigenvalue weighted by atomic mass is 16.5. The molecule has 0 radical (unpaired) electrons. The highest BCUT2D eigenvalue weighted by Gasteiger charge is 2.23. The van der Waals surface area contributed by atoms with E-state index in [1.54, 1.807) is 0 Å². The van der Waals surface area contributed by atoms with Crippen molar-refractivity contribution in [3.8, 4) is 11.8 Å². The molecule has 0 aromatic rings. The zero-order chi connectivity index (χ0) is 22.0. The lowest BCUT2D eigenvalue weighted by Crippen LogP contribution is -2.40. The molecule has 2 nitrogen and oxygen atoms in total. The maximum Gasteiger partial charge on any atom is 0.115 e. The summed E-state index contributed by atoms with van der Waals surface area (Å²) >= 11 is 0. The van der Waals surface area contributed by atoms with E-state index in [9.17, 15) is 0 Å². The van der Waals surface area contributed by atoms with Crippen LogP contribution in [0.4, 0.5) is 0 Å². The van der Waals surface area contributed by atoms with Gasteiger partial charge in [-0.15, -0.1) is 0 Å². The minimum Gasteiger partial charge on any atom is -0.362 e. The van der Waals surface area contributed by atoms with Gasteiger partial charge in [-0.3, -0.25) is 0 Å². The Kier molecular flexibility index (Phi) is 16.6. The normalized spacial score (nSPS) is 18.6. The third-order valence-electron chi connectivity index (χ3n) is 6.63. The largest absolute Gasteiger partial charge is 0.362 e. The number of hydrogen-bond donors (Lipinski definition) is 0. The summed E-state index contributed by atoms with van der Waals surface area (Å²) in [4.78, 5) is 2.72. The van der Waals surface area contributed by atoms with Gasteiger partial charge in [0.05, 0.1) is 6.10 Å². The molecule has 0 bridgehead atoms. The second-order valence-corrected chi connectivity index (χ2v) is 9.82. The summed E-state index contributed by atoms with van der Waals surface area (Å²) in [6, 6.07) is 0. The van der Waals surface area contributed by atoms with E-state index >= 15 is 0 Å². The number of piperidine rings is 1. The van der Waals surface area contributed by atoms with Gasteiger partial charge in [-0.2, -0.15) is 0 Å². The Bertz CT molecular complexity index is 443. The van der Waals surface area contributed by atoms with Gasteiger partial charge in [-0.05, 0) is 44.9 Å². The van der Waals surface area contributed by atoms with Crippen molar-refractivity contribution < 1.29 is 4.74 Å². The van der Waals surface area contributed by atoms with Gasteiger partial charge in [0.2, 0.25) is 0 Å². The topological polar surface area (TPSA) is 12.5 Å². The number of rotatable bonds is 16. The van der Waals surface area contributed by atoms with Gasteiger partial charge in [0.25, 0.3) is 0 Å². The molecule has 0 saturated carbocycles. The Balaban J connectivity index is 2.33. The van der Waals surface area contributed by atoms with Crippen molar-refractivity contribution in [2.75, 3.05) is 19.6 Å². The summed E-state index contributed by atoms with van der Waals surface area (Å²) in [5.74, 6) is 8.12. The van der Waals surface area contributed by atoms with E-state index in [0.29, 0.717) is 12.0 Å². The Morgan fingerprint density at radius 2 is 1.37 bits per heavy atom. The van der Waals surface area contributed by atoms with Gasteiger partial charge < -0.3 is 9.64 Å². The lowest BCUT2D eigenvalue weighted by molar-refractivity contribution is -0.0146. The summed E-state index contributed by atoms with van der Waals surface area (Å²) < 4.78 is 6.25. The van der Waals surface area contributed by atoms with Gasteiger partial charge in [0.15, 0.2) is 0 Å². The maximum absolute atomic E-state index is 6.25. The number of ether oxygens (including phenoxy) is 1. The molecule has 3 atom stereocenters. The van der Waals surface area contributed by atoms with Gasteiger partial charge in [0.1, 0.15) is 6.10 Å². The van der Waals surface area contributed by atoms with Crippen LogP contribution in [-0.4, -0.2) is 36.7 Å². The smallest absolute Gasteiger partial charge is 0.115 e. The molecule has 1 aliphatic heterocycles. The molecule has 1 fully saturated rings. The Hall–Kier alpha value is -0.520. The van der Waals surface area contributed by atoms with Crippen molar-refractivity contribution >= 4 is 0 Å². The maximum atomic E-state index is 6.25. The first-order chi connectivity index (χ1) is 14.6. The molecule has 1 aliphatic rings. The van der Waals surface area contributed by atoms with Crippen LogP contribution in [0.3, 0.4) is 0 Å². The van der Waals surface area contributed by atoms with Crippen LogP contribution in [0.25, 0.3) is 0 Å². The van der Waals surface area contributed by atoms with E-state index in [4.69, 9.17) is 4.74 Å². The van der Waals surface area contributed by atoms with Crippen molar-refractivity contribution in [3.05, 3.63) is 0 Å². The fourth-order valence-electron chi connectivity index (χ4n) is 4.73. The summed E-state index contributed by atoms with van der Waals surface area (Å²) in [5, 5.41) is 0. The van der Waals surface area contributed by atoms with Gasteiger partial charge in [-0.1, -0.05) is 97.3 Å². The van der Waals surface area contributed by atoms with Crippen molar-refractivity contribution in [3.63, 3.8) is 0 Å². The molecule has 0 spiro atoms. The molecule has 1 rings (SSSR count). The van der Waals surface area contributed by atoms with E-state index in [2.05, 4.69) is 51.4 Å². The molecular formula is C28H53NO. The van der Waals surface area contributed by atoms with Crippen LogP contribution in [-0.2, 0) is 4.74 Å². The Morgan fingerprint density at radius 1 is 0.767 bits per heavy atom. The zero-order valence-corrected chi connectivity index (χ0v) is 21.2. The first-order valence-electron chi connectivity index (χ1n) is 13.5. The number of likely N-dealkylation sites (tertiary alicyclic amines) is 1. The molecular weight excluding hydrogens is 366 g/mol. The van der Waals surface area contributed by atoms with Crippen LogP contribution in [0.15, 0.2) is 0 Å². The van der Waals surface area contributed by atoms with Gasteiger partial charge >= 0.3 is 0 Å². The molecule has 0 aromatic heterocycles. The predicted molar refractivity (Wildman–Crippen MR) is 133 cm³/mol. The molecule has 0 aromatic carbocycles. The SMILES string of the molecule is CCCCCCCC(CCCCC)CN1CCC(O[C@@H](C)C#CC(C)CCC)CC1. The minimum atomic E-state index is 0.0748. The number of nitrogens with zero attached hydrogens (tertiary/aromatic N) is 1. The first kappa shape index (κ1) is 27.5. The van der Waals surface area contributed by atoms with Crippen LogP contribution < -0.4 is 0 Å². The summed E-state index contributed by atoms with van der Waals surface area (Å²) in [6.45, 7) is 14.9. The molecule has 0 amide bonds. The molecule has 2 unspecified atom stereocenters. The second-order valence-electron chi connectivity index (χ2n) is 9.82. The third-order valence-corrected chi connectivity index (χ3v) is 6.63. The summed E-state index contributed by atoms with van der Waals surface area (Å²) in [7, 11) is 0. The van der Waals surface area contributed by atoms with E-state index in [1.807, 2.05) is 0 Å². The lowest BCUT2D eigenvalue weighted by Gasteiger charge is -2.35. The number of hydrogen-bond acceptors (Lipinski definition) is 2. The molecule has 0 N–H and O–H groups in total. The van der Waals surface area contributed by atoms with Crippen LogP contribution in [0.5, 0.6) is 0 Å². The minimum absolute atomic E-state index is 0.0748. The standard InChI is InChI=1S/C28H53NO/c1-6-9-11-12-14-17-27(16-13-10-7-2)24-29-22-20-28(21-23-29)30-26(5)19-18-25(4)15-8-3/h25-28H,6-17,20-24H2,1-5H3/t25?,26-,27?/m0/s1. The van der Waals surface area contributed by atoms with Crippen LogP contribution in [0.1, 0.15) is 125 Å². The molecule has 176 valence electrons. The van der Waals surface area contributed by atoms with Gasteiger partial charge in [0, 0.05) is 25.6 Å². The van der Waals surface area contributed by atoms with E-state index in [1.165, 1.54) is 110 Å². The second kappa shape index (κ2) is 18.1. The molecule has 1 saturated heterocycles. The van der Waals surface area contributed by atoms with Crippen LogP contribution >= 0.6 is 0 Å². The fourth-order valence-corrected chi connectivity index (χ4v) is 4.73. The van der Waals surface area contributed by atoms with E-state index in [0.717, 1.165) is 5.92 Å².